The molecule has 3 heteroatoms. The van der Waals surface area contributed by atoms with Gasteiger partial charge < -0.3 is 4.74 Å². The van der Waals surface area contributed by atoms with E-state index in [9.17, 15) is 9.59 Å². The number of benzene rings is 1. The van der Waals surface area contributed by atoms with Crippen molar-refractivity contribution in [1.29, 1.82) is 0 Å². The summed E-state index contributed by atoms with van der Waals surface area (Å²) in [6, 6.07) is 7.13. The van der Waals surface area contributed by atoms with E-state index < -0.39 is 11.6 Å². The van der Waals surface area contributed by atoms with Crippen molar-refractivity contribution in [3.63, 3.8) is 0 Å². The SMILES string of the molecule is CC(=O)C1(OC(=O)c2ccc(C)cc2)CC1. The van der Waals surface area contributed by atoms with Crippen LogP contribution in [0.2, 0.25) is 0 Å². The molecule has 0 heterocycles. The van der Waals surface area contributed by atoms with Gasteiger partial charge in [0.2, 0.25) is 0 Å². The van der Waals surface area contributed by atoms with Gasteiger partial charge in [-0.15, -0.1) is 0 Å². The lowest BCUT2D eigenvalue weighted by atomic mass is 10.1. The van der Waals surface area contributed by atoms with Crippen LogP contribution in [0.15, 0.2) is 24.3 Å². The van der Waals surface area contributed by atoms with E-state index in [4.69, 9.17) is 4.74 Å². The summed E-state index contributed by atoms with van der Waals surface area (Å²) >= 11 is 0. The highest BCUT2D eigenvalue weighted by Crippen LogP contribution is 2.40. The van der Waals surface area contributed by atoms with Crippen LogP contribution in [-0.4, -0.2) is 17.4 Å². The minimum atomic E-state index is -0.817. The van der Waals surface area contributed by atoms with Gasteiger partial charge in [-0.25, -0.2) is 4.79 Å². The number of ketones is 1. The number of carbonyl (C=O) groups is 2. The summed E-state index contributed by atoms with van der Waals surface area (Å²) in [6.45, 7) is 3.42. The van der Waals surface area contributed by atoms with Gasteiger partial charge >= 0.3 is 5.97 Å². The summed E-state index contributed by atoms with van der Waals surface area (Å²) in [5.41, 5.74) is 0.768. The Balaban J connectivity index is 2.09. The van der Waals surface area contributed by atoms with Crippen LogP contribution in [0.3, 0.4) is 0 Å². The molecule has 1 saturated carbocycles. The zero-order chi connectivity index (χ0) is 11.8. The third kappa shape index (κ3) is 1.98. The predicted molar refractivity (Wildman–Crippen MR) is 59.2 cm³/mol. The number of hydrogen-bond acceptors (Lipinski definition) is 3. The molecule has 0 N–H and O–H groups in total. The number of carbonyl (C=O) groups excluding carboxylic acids is 2. The summed E-state index contributed by atoms with van der Waals surface area (Å²) in [4.78, 5) is 23.0. The van der Waals surface area contributed by atoms with Crippen LogP contribution in [0.25, 0.3) is 0 Å². The highest BCUT2D eigenvalue weighted by atomic mass is 16.6. The molecule has 1 aromatic rings. The lowest BCUT2D eigenvalue weighted by molar-refractivity contribution is -0.127. The smallest absolute Gasteiger partial charge is 0.339 e. The first kappa shape index (κ1) is 10.9. The molecule has 0 bridgehead atoms. The van der Waals surface area contributed by atoms with Crippen LogP contribution >= 0.6 is 0 Å². The molecule has 0 aliphatic heterocycles. The standard InChI is InChI=1S/C13H14O3/c1-9-3-5-11(6-4-9)12(15)16-13(7-8-13)10(2)14/h3-6H,7-8H2,1-2H3. The maximum absolute atomic E-state index is 11.7. The van der Waals surface area contributed by atoms with Crippen LogP contribution in [0, 0.1) is 6.92 Å². The van der Waals surface area contributed by atoms with Crippen molar-refractivity contribution >= 4 is 11.8 Å². The molecule has 1 aliphatic rings. The number of rotatable bonds is 3. The Morgan fingerprint density at radius 1 is 1.19 bits per heavy atom. The number of hydrogen-bond donors (Lipinski definition) is 0. The third-order valence-electron chi connectivity index (χ3n) is 2.92. The molecule has 1 aliphatic carbocycles. The van der Waals surface area contributed by atoms with E-state index in [0.717, 1.165) is 5.56 Å². The van der Waals surface area contributed by atoms with Gasteiger partial charge in [0.1, 0.15) is 0 Å². The summed E-state index contributed by atoms with van der Waals surface area (Å²) in [5, 5.41) is 0. The Labute approximate surface area is 94.4 Å². The second kappa shape index (κ2) is 3.74. The molecule has 0 atom stereocenters. The van der Waals surface area contributed by atoms with Crippen molar-refractivity contribution in [2.75, 3.05) is 0 Å². The summed E-state index contributed by atoms with van der Waals surface area (Å²) in [5.74, 6) is -0.472. The highest BCUT2D eigenvalue weighted by Gasteiger charge is 2.51. The van der Waals surface area contributed by atoms with Crippen LogP contribution in [0.1, 0.15) is 35.7 Å². The van der Waals surface area contributed by atoms with Crippen molar-refractivity contribution in [2.24, 2.45) is 0 Å². The van der Waals surface area contributed by atoms with Crippen molar-refractivity contribution < 1.29 is 14.3 Å². The Morgan fingerprint density at radius 2 is 1.75 bits per heavy atom. The fourth-order valence-corrected chi connectivity index (χ4v) is 1.57. The van der Waals surface area contributed by atoms with E-state index in [0.29, 0.717) is 18.4 Å². The quantitative estimate of drug-likeness (QED) is 0.731. The van der Waals surface area contributed by atoms with Gasteiger partial charge in [-0.1, -0.05) is 17.7 Å². The van der Waals surface area contributed by atoms with Crippen molar-refractivity contribution in [3.05, 3.63) is 35.4 Å². The fraction of sp³-hybridized carbons (Fsp3) is 0.385. The number of esters is 1. The van der Waals surface area contributed by atoms with Crippen molar-refractivity contribution in [2.45, 2.75) is 32.3 Å². The van der Waals surface area contributed by atoms with E-state index in [-0.39, 0.29) is 5.78 Å². The molecular formula is C13H14O3. The number of aryl methyl sites for hydroxylation is 1. The van der Waals surface area contributed by atoms with Crippen LogP contribution in [-0.2, 0) is 9.53 Å². The summed E-state index contributed by atoms with van der Waals surface area (Å²) in [6.07, 6.45) is 1.31. The molecule has 16 heavy (non-hydrogen) atoms. The van der Waals surface area contributed by atoms with Gasteiger partial charge in [0.15, 0.2) is 11.4 Å². The van der Waals surface area contributed by atoms with E-state index in [1.807, 2.05) is 19.1 Å². The molecule has 0 spiro atoms. The average Bonchev–Trinajstić information content (AvgIpc) is 3.00. The van der Waals surface area contributed by atoms with Gasteiger partial charge in [-0.05, 0) is 38.8 Å². The molecule has 1 aromatic carbocycles. The van der Waals surface area contributed by atoms with Gasteiger partial charge in [0.05, 0.1) is 5.56 Å². The zero-order valence-corrected chi connectivity index (χ0v) is 9.45. The summed E-state index contributed by atoms with van der Waals surface area (Å²) in [7, 11) is 0. The molecule has 84 valence electrons. The third-order valence-corrected chi connectivity index (χ3v) is 2.92. The lowest BCUT2D eigenvalue weighted by Gasteiger charge is -2.13. The van der Waals surface area contributed by atoms with Gasteiger partial charge in [0.25, 0.3) is 0 Å². The number of ether oxygens (including phenoxy) is 1. The molecule has 1 fully saturated rings. The molecular weight excluding hydrogens is 204 g/mol. The van der Waals surface area contributed by atoms with Crippen molar-refractivity contribution in [3.8, 4) is 0 Å². The first-order valence-electron chi connectivity index (χ1n) is 5.34. The van der Waals surface area contributed by atoms with E-state index >= 15 is 0 Å². The van der Waals surface area contributed by atoms with E-state index in [1.54, 1.807) is 12.1 Å². The number of Topliss-reactive ketones (excluding diaryl/α,β-unsaturated/α-hetero) is 1. The molecule has 0 unspecified atom stereocenters. The van der Waals surface area contributed by atoms with Gasteiger partial charge in [-0.2, -0.15) is 0 Å². The normalized spacial score (nSPS) is 16.6. The van der Waals surface area contributed by atoms with E-state index in [1.165, 1.54) is 6.92 Å². The molecule has 0 radical (unpaired) electrons. The molecule has 3 nitrogen and oxygen atoms in total. The molecule has 0 amide bonds. The lowest BCUT2D eigenvalue weighted by Crippen LogP contribution is -2.27. The molecule has 0 aromatic heterocycles. The maximum atomic E-state index is 11.7. The van der Waals surface area contributed by atoms with Crippen LogP contribution in [0.5, 0.6) is 0 Å². The second-order valence-electron chi connectivity index (χ2n) is 4.31. The van der Waals surface area contributed by atoms with Crippen molar-refractivity contribution in [1.82, 2.24) is 0 Å². The highest BCUT2D eigenvalue weighted by molar-refractivity contribution is 5.95. The van der Waals surface area contributed by atoms with Crippen LogP contribution in [0.4, 0.5) is 0 Å². The topological polar surface area (TPSA) is 43.4 Å². The Kier molecular flexibility index (Phi) is 2.54. The first-order chi connectivity index (χ1) is 7.53. The van der Waals surface area contributed by atoms with Gasteiger partial charge in [-0.3, -0.25) is 4.79 Å². The monoisotopic (exact) mass is 218 g/mol. The minimum absolute atomic E-state index is 0.0621. The first-order valence-corrected chi connectivity index (χ1v) is 5.34. The molecule has 0 saturated heterocycles. The average molecular weight is 218 g/mol. The minimum Gasteiger partial charge on any atom is -0.447 e. The zero-order valence-electron chi connectivity index (χ0n) is 9.45. The largest absolute Gasteiger partial charge is 0.447 e. The Hall–Kier alpha value is -1.64. The molecule has 2 rings (SSSR count). The van der Waals surface area contributed by atoms with Crippen LogP contribution < -0.4 is 0 Å². The second-order valence-corrected chi connectivity index (χ2v) is 4.31. The summed E-state index contributed by atoms with van der Waals surface area (Å²) < 4.78 is 5.25. The Bertz CT molecular complexity index is 427. The predicted octanol–water partition coefficient (Wildman–Crippen LogP) is 2.27. The maximum Gasteiger partial charge on any atom is 0.339 e. The fourth-order valence-electron chi connectivity index (χ4n) is 1.57. The van der Waals surface area contributed by atoms with Gasteiger partial charge in [0, 0.05) is 0 Å². The Morgan fingerprint density at radius 3 is 2.19 bits per heavy atom. The van der Waals surface area contributed by atoms with E-state index in [2.05, 4.69) is 0 Å².